The van der Waals surface area contributed by atoms with E-state index in [9.17, 15) is 18.8 Å². The highest BCUT2D eigenvalue weighted by molar-refractivity contribution is 6.07. The standard InChI is InChI=1S/C27H31FN4O2.C4H6O4/c28-22-7-8-25-23(17-22)24(27(33)29-9-12-31-10-1-2-11-31)18-26(30-25)21-5-3-20(4-6-21)19-32-13-15-34-16-14-32;5-3(6)1-2-4(7)8/h3-8,17-18H,1-2,9-16,19H2,(H,29,33);1-2H2,(H,5,6)(H,7,8). The van der Waals surface area contributed by atoms with E-state index in [0.717, 1.165) is 58.0 Å². The fourth-order valence-corrected chi connectivity index (χ4v) is 4.98. The molecule has 3 N–H and O–H groups in total. The van der Waals surface area contributed by atoms with E-state index in [4.69, 9.17) is 19.9 Å². The minimum atomic E-state index is -1.08. The number of carbonyl (C=O) groups is 3. The van der Waals surface area contributed by atoms with E-state index in [-0.39, 0.29) is 24.6 Å². The van der Waals surface area contributed by atoms with Gasteiger partial charge in [0.1, 0.15) is 5.82 Å². The van der Waals surface area contributed by atoms with Crippen molar-refractivity contribution in [1.82, 2.24) is 20.1 Å². The Balaban J connectivity index is 0.000000446. The molecule has 2 aromatic carbocycles. The van der Waals surface area contributed by atoms with Crippen LogP contribution in [-0.4, -0.2) is 95.3 Å². The Bertz CT molecular complexity index is 1360. The molecule has 42 heavy (non-hydrogen) atoms. The number of carboxylic acid groups (broad SMARTS) is 2. The van der Waals surface area contributed by atoms with Crippen molar-refractivity contribution in [2.24, 2.45) is 0 Å². The zero-order chi connectivity index (χ0) is 29.9. The van der Waals surface area contributed by atoms with Gasteiger partial charge >= 0.3 is 11.9 Å². The molecule has 2 fully saturated rings. The number of likely N-dealkylation sites (tertiary alicyclic amines) is 1. The Morgan fingerprint density at radius 1 is 0.881 bits per heavy atom. The molecule has 2 saturated heterocycles. The topological polar surface area (TPSA) is 132 Å². The number of nitrogens with one attached hydrogen (secondary N) is 1. The van der Waals surface area contributed by atoms with Gasteiger partial charge in [0.2, 0.25) is 0 Å². The third-order valence-corrected chi connectivity index (χ3v) is 7.24. The number of carboxylic acids is 2. The summed E-state index contributed by atoms with van der Waals surface area (Å²) >= 11 is 0. The van der Waals surface area contributed by atoms with Crippen molar-refractivity contribution in [3.8, 4) is 11.3 Å². The first-order chi connectivity index (χ1) is 20.3. The molecule has 3 aromatic rings. The van der Waals surface area contributed by atoms with Gasteiger partial charge in [-0.2, -0.15) is 0 Å². The quantitative estimate of drug-likeness (QED) is 0.329. The molecule has 10 nitrogen and oxygen atoms in total. The highest BCUT2D eigenvalue weighted by Crippen LogP contribution is 2.26. The molecule has 0 spiro atoms. The Kier molecular flexibility index (Phi) is 11.3. The van der Waals surface area contributed by atoms with Crippen LogP contribution in [0.2, 0.25) is 0 Å². The van der Waals surface area contributed by atoms with Gasteiger partial charge in [0.15, 0.2) is 0 Å². The van der Waals surface area contributed by atoms with Crippen LogP contribution in [0.3, 0.4) is 0 Å². The minimum Gasteiger partial charge on any atom is -0.481 e. The van der Waals surface area contributed by atoms with Crippen LogP contribution in [0.5, 0.6) is 0 Å². The van der Waals surface area contributed by atoms with Gasteiger partial charge in [-0.3, -0.25) is 19.3 Å². The first-order valence-corrected chi connectivity index (χ1v) is 14.2. The number of rotatable bonds is 10. The first kappa shape index (κ1) is 31.0. The summed E-state index contributed by atoms with van der Waals surface area (Å²) in [5.41, 5.74) is 3.94. The van der Waals surface area contributed by atoms with E-state index in [1.54, 1.807) is 12.1 Å². The molecule has 2 aliphatic rings. The lowest BCUT2D eigenvalue weighted by Gasteiger charge is -2.26. The Morgan fingerprint density at radius 3 is 2.19 bits per heavy atom. The van der Waals surface area contributed by atoms with Crippen LogP contribution in [0.1, 0.15) is 41.6 Å². The van der Waals surface area contributed by atoms with Crippen LogP contribution in [0, 0.1) is 5.82 Å². The molecule has 0 radical (unpaired) electrons. The van der Waals surface area contributed by atoms with E-state index >= 15 is 0 Å². The monoisotopic (exact) mass is 580 g/mol. The number of fused-ring (bicyclic) bond motifs is 1. The summed E-state index contributed by atoms with van der Waals surface area (Å²) in [5, 5.41) is 19.4. The van der Waals surface area contributed by atoms with Gasteiger partial charge < -0.3 is 25.2 Å². The maximum Gasteiger partial charge on any atom is 0.303 e. The molecular weight excluding hydrogens is 543 g/mol. The molecule has 0 saturated carbocycles. The number of pyridine rings is 1. The third kappa shape index (κ3) is 9.30. The van der Waals surface area contributed by atoms with Crippen LogP contribution in [0.25, 0.3) is 22.2 Å². The van der Waals surface area contributed by atoms with Crippen LogP contribution < -0.4 is 5.32 Å². The fourth-order valence-electron chi connectivity index (χ4n) is 4.98. The number of ether oxygens (including phenoxy) is 1. The van der Waals surface area contributed by atoms with Gasteiger partial charge in [-0.1, -0.05) is 24.3 Å². The molecule has 0 bridgehead atoms. The average Bonchev–Trinajstić information content (AvgIpc) is 3.50. The highest BCUT2D eigenvalue weighted by Gasteiger charge is 2.17. The van der Waals surface area contributed by atoms with Crippen molar-refractivity contribution >= 4 is 28.7 Å². The predicted molar refractivity (Wildman–Crippen MR) is 156 cm³/mol. The van der Waals surface area contributed by atoms with Crippen LogP contribution in [0.15, 0.2) is 48.5 Å². The molecule has 0 unspecified atom stereocenters. The highest BCUT2D eigenvalue weighted by atomic mass is 19.1. The molecule has 1 amide bonds. The molecule has 1 aromatic heterocycles. The lowest BCUT2D eigenvalue weighted by atomic mass is 10.0. The molecule has 224 valence electrons. The lowest BCUT2D eigenvalue weighted by molar-refractivity contribution is -0.143. The number of aliphatic carboxylic acids is 2. The molecular formula is C31H37FN4O6. The second-order valence-corrected chi connectivity index (χ2v) is 10.4. The summed E-state index contributed by atoms with van der Waals surface area (Å²) in [4.78, 5) is 41.9. The van der Waals surface area contributed by atoms with Crippen molar-refractivity contribution in [3.05, 3.63) is 65.5 Å². The second kappa shape index (κ2) is 15.3. The van der Waals surface area contributed by atoms with E-state index in [1.807, 2.05) is 12.1 Å². The Hall–Kier alpha value is -3.93. The third-order valence-electron chi connectivity index (χ3n) is 7.24. The number of amides is 1. The van der Waals surface area contributed by atoms with Crippen LogP contribution in [0.4, 0.5) is 4.39 Å². The minimum absolute atomic E-state index is 0.192. The van der Waals surface area contributed by atoms with Crippen molar-refractivity contribution in [2.75, 3.05) is 52.5 Å². The van der Waals surface area contributed by atoms with Gasteiger partial charge in [-0.15, -0.1) is 0 Å². The first-order valence-electron chi connectivity index (χ1n) is 14.2. The summed E-state index contributed by atoms with van der Waals surface area (Å²) in [6, 6.07) is 14.5. The van der Waals surface area contributed by atoms with E-state index in [2.05, 4.69) is 27.2 Å². The van der Waals surface area contributed by atoms with Crippen molar-refractivity contribution < 1.29 is 33.7 Å². The number of hydrogen-bond donors (Lipinski definition) is 3. The number of halogens is 1. The summed E-state index contributed by atoms with van der Waals surface area (Å²) in [5.74, 6) is -2.72. The fraction of sp³-hybridized carbons (Fsp3) is 0.419. The summed E-state index contributed by atoms with van der Waals surface area (Å²) in [7, 11) is 0. The van der Waals surface area contributed by atoms with Crippen LogP contribution in [-0.2, 0) is 20.9 Å². The number of nitrogens with zero attached hydrogens (tertiary/aromatic N) is 3. The maximum atomic E-state index is 14.0. The lowest BCUT2D eigenvalue weighted by Crippen LogP contribution is -2.35. The molecule has 11 heteroatoms. The SMILES string of the molecule is O=C(NCCN1CCCC1)c1cc(-c2ccc(CN3CCOCC3)cc2)nc2ccc(F)cc12.O=C(O)CCC(=O)O. The van der Waals surface area contributed by atoms with Gasteiger partial charge in [-0.05, 0) is 55.8 Å². The van der Waals surface area contributed by atoms with E-state index in [0.29, 0.717) is 28.7 Å². The van der Waals surface area contributed by atoms with Gasteiger partial charge in [0.25, 0.3) is 5.91 Å². The smallest absolute Gasteiger partial charge is 0.303 e. The zero-order valence-corrected chi connectivity index (χ0v) is 23.6. The number of carbonyl (C=O) groups excluding carboxylic acids is 1. The predicted octanol–water partition coefficient (Wildman–Crippen LogP) is 3.63. The average molecular weight is 581 g/mol. The van der Waals surface area contributed by atoms with Crippen molar-refractivity contribution in [3.63, 3.8) is 0 Å². The Morgan fingerprint density at radius 2 is 1.55 bits per heavy atom. The largest absolute Gasteiger partial charge is 0.481 e. The van der Waals surface area contributed by atoms with Crippen molar-refractivity contribution in [2.45, 2.75) is 32.2 Å². The number of benzene rings is 2. The number of morpholine rings is 1. The molecule has 3 heterocycles. The van der Waals surface area contributed by atoms with Gasteiger partial charge in [0, 0.05) is 43.7 Å². The summed E-state index contributed by atoms with van der Waals surface area (Å²) < 4.78 is 19.4. The zero-order valence-electron chi connectivity index (χ0n) is 23.6. The van der Waals surface area contributed by atoms with Crippen molar-refractivity contribution in [1.29, 1.82) is 0 Å². The summed E-state index contributed by atoms with van der Waals surface area (Å²) in [6.45, 7) is 7.92. The van der Waals surface area contributed by atoms with Gasteiger partial charge in [0.05, 0.1) is 42.8 Å². The van der Waals surface area contributed by atoms with E-state index < -0.39 is 11.9 Å². The summed E-state index contributed by atoms with van der Waals surface area (Å²) in [6.07, 6.45) is 1.85. The molecule has 0 aliphatic carbocycles. The van der Waals surface area contributed by atoms with E-state index in [1.165, 1.54) is 30.5 Å². The second-order valence-electron chi connectivity index (χ2n) is 10.4. The number of hydrogen-bond acceptors (Lipinski definition) is 7. The number of aromatic nitrogens is 1. The molecule has 0 atom stereocenters. The van der Waals surface area contributed by atoms with Gasteiger partial charge in [-0.25, -0.2) is 9.37 Å². The van der Waals surface area contributed by atoms with Crippen LogP contribution >= 0.6 is 0 Å². The Labute approximate surface area is 244 Å². The molecule has 2 aliphatic heterocycles. The molecule has 5 rings (SSSR count). The maximum absolute atomic E-state index is 14.0. The normalized spacial score (nSPS) is 15.6.